The van der Waals surface area contributed by atoms with E-state index in [1.807, 2.05) is 34.6 Å². The fourth-order valence-electron chi connectivity index (χ4n) is 0.479. The summed E-state index contributed by atoms with van der Waals surface area (Å²) in [5.41, 5.74) is 1.07. The topological polar surface area (TPSA) is 12.0 Å². The summed E-state index contributed by atoms with van der Waals surface area (Å²) in [6.45, 7) is 17.0. The second-order valence-electron chi connectivity index (χ2n) is 2.06. The molecule has 0 rings (SSSR count). The van der Waals surface area contributed by atoms with Gasteiger partial charge < -0.3 is 5.32 Å². The zero-order valence-corrected chi connectivity index (χ0v) is 9.83. The molecule has 1 N–H and O–H groups in total. The lowest BCUT2D eigenvalue weighted by Gasteiger charge is -2.00. The number of nitrogens with one attached hydrogen (secondary N) is 1. The molecule has 0 aliphatic rings. The monoisotopic (exact) mass is 173 g/mol. The number of rotatable bonds is 4. The van der Waals surface area contributed by atoms with Crippen molar-refractivity contribution in [2.75, 3.05) is 6.54 Å². The van der Waals surface area contributed by atoms with Gasteiger partial charge in [-0.25, -0.2) is 0 Å². The smallest absolute Gasteiger partial charge is 0.0143 e. The molecule has 0 unspecified atom stereocenters. The first-order chi connectivity index (χ1) is 5.77. The summed E-state index contributed by atoms with van der Waals surface area (Å²) in [4.78, 5) is 0. The molecule has 0 aromatic rings. The molecule has 0 bridgehead atoms. The average molecular weight is 173 g/mol. The summed E-state index contributed by atoms with van der Waals surface area (Å²) < 4.78 is 0. The van der Waals surface area contributed by atoms with Gasteiger partial charge in [0.1, 0.15) is 0 Å². The molecule has 0 atom stereocenters. The maximum Gasteiger partial charge on any atom is 0.0143 e. The van der Waals surface area contributed by atoms with Gasteiger partial charge in [0.05, 0.1) is 0 Å². The van der Waals surface area contributed by atoms with Gasteiger partial charge in [0.2, 0.25) is 0 Å². The molecular formula is C11H27N. The highest BCUT2D eigenvalue weighted by molar-refractivity contribution is 4.83. The van der Waals surface area contributed by atoms with E-state index in [0.29, 0.717) is 0 Å². The molecule has 76 valence electrons. The van der Waals surface area contributed by atoms with E-state index < -0.39 is 0 Å². The van der Waals surface area contributed by atoms with Crippen molar-refractivity contribution in [1.82, 2.24) is 5.32 Å². The molecule has 0 aliphatic heterocycles. The van der Waals surface area contributed by atoms with Crippen LogP contribution in [0.15, 0.2) is 12.3 Å². The molecule has 1 heteroatoms. The standard InChI is InChI=1S/C7H15N.2C2H6/c1-4-5-6-8-7(2)3;2*1-2/h8H,2,4-6H2,1,3H3;2*1-2H3. The third kappa shape index (κ3) is 33.8. The molecule has 0 aliphatic carbocycles. The van der Waals surface area contributed by atoms with Crippen molar-refractivity contribution in [3.63, 3.8) is 0 Å². The average Bonchev–Trinajstić information content (AvgIpc) is 2.12. The Morgan fingerprint density at radius 1 is 1.17 bits per heavy atom. The van der Waals surface area contributed by atoms with Crippen molar-refractivity contribution >= 4 is 0 Å². The summed E-state index contributed by atoms with van der Waals surface area (Å²) in [6, 6.07) is 0. The van der Waals surface area contributed by atoms with Crippen LogP contribution in [0, 0.1) is 0 Å². The lowest BCUT2D eigenvalue weighted by atomic mass is 10.3. The van der Waals surface area contributed by atoms with Crippen molar-refractivity contribution in [3.8, 4) is 0 Å². The van der Waals surface area contributed by atoms with Crippen LogP contribution in [0.5, 0.6) is 0 Å². The van der Waals surface area contributed by atoms with Crippen molar-refractivity contribution < 1.29 is 0 Å². The molecule has 0 radical (unpaired) electrons. The number of unbranched alkanes of at least 4 members (excludes halogenated alkanes) is 1. The molecule has 0 aromatic heterocycles. The number of hydrogen-bond acceptors (Lipinski definition) is 1. The molecular weight excluding hydrogens is 146 g/mol. The second-order valence-corrected chi connectivity index (χ2v) is 2.06. The molecule has 0 spiro atoms. The molecule has 0 saturated carbocycles. The summed E-state index contributed by atoms with van der Waals surface area (Å²) in [5, 5.41) is 3.15. The van der Waals surface area contributed by atoms with E-state index in [4.69, 9.17) is 0 Å². The Morgan fingerprint density at radius 3 is 1.83 bits per heavy atom. The normalized spacial score (nSPS) is 6.83. The molecule has 1 nitrogen and oxygen atoms in total. The van der Waals surface area contributed by atoms with Crippen LogP contribution in [-0.4, -0.2) is 6.54 Å². The fourth-order valence-corrected chi connectivity index (χ4v) is 0.479. The fraction of sp³-hybridized carbons (Fsp3) is 0.818. The Hall–Kier alpha value is -0.460. The van der Waals surface area contributed by atoms with Crippen LogP contribution in [0.25, 0.3) is 0 Å². The van der Waals surface area contributed by atoms with Crippen LogP contribution in [0.1, 0.15) is 54.4 Å². The van der Waals surface area contributed by atoms with Gasteiger partial charge in [0, 0.05) is 12.2 Å². The van der Waals surface area contributed by atoms with E-state index in [1.54, 1.807) is 0 Å². The number of hydrogen-bond donors (Lipinski definition) is 1. The molecule has 0 heterocycles. The van der Waals surface area contributed by atoms with Gasteiger partial charge in [-0.3, -0.25) is 0 Å². The van der Waals surface area contributed by atoms with Gasteiger partial charge in [0.25, 0.3) is 0 Å². The largest absolute Gasteiger partial charge is 0.389 e. The predicted molar refractivity (Wildman–Crippen MR) is 60.4 cm³/mol. The third-order valence-corrected chi connectivity index (χ3v) is 0.957. The zero-order valence-electron chi connectivity index (χ0n) is 9.83. The van der Waals surface area contributed by atoms with Crippen molar-refractivity contribution in [3.05, 3.63) is 12.3 Å². The Bertz CT molecular complexity index is 67.4. The highest BCUT2D eigenvalue weighted by Gasteiger charge is 1.80. The highest BCUT2D eigenvalue weighted by atomic mass is 14.9. The van der Waals surface area contributed by atoms with Gasteiger partial charge in [-0.05, 0) is 13.3 Å². The SMILES string of the molecule is C=C(C)NCCCC.CC.CC. The summed E-state index contributed by atoms with van der Waals surface area (Å²) in [6.07, 6.45) is 2.49. The van der Waals surface area contributed by atoms with Gasteiger partial charge in [0.15, 0.2) is 0 Å². The van der Waals surface area contributed by atoms with Crippen LogP contribution < -0.4 is 5.32 Å². The third-order valence-electron chi connectivity index (χ3n) is 0.957. The van der Waals surface area contributed by atoms with Gasteiger partial charge >= 0.3 is 0 Å². The van der Waals surface area contributed by atoms with Crippen LogP contribution in [0.3, 0.4) is 0 Å². The van der Waals surface area contributed by atoms with Crippen LogP contribution in [-0.2, 0) is 0 Å². The molecule has 0 aromatic carbocycles. The molecule has 0 saturated heterocycles. The highest BCUT2D eigenvalue weighted by Crippen LogP contribution is 1.84. The minimum Gasteiger partial charge on any atom is -0.389 e. The lowest BCUT2D eigenvalue weighted by Crippen LogP contribution is -2.10. The Kier molecular flexibility index (Phi) is 32.9. The zero-order chi connectivity index (χ0) is 10.4. The summed E-state index contributed by atoms with van der Waals surface area (Å²) >= 11 is 0. The maximum atomic E-state index is 3.72. The van der Waals surface area contributed by atoms with Crippen molar-refractivity contribution in [1.29, 1.82) is 0 Å². The first-order valence-corrected chi connectivity index (χ1v) is 5.16. The van der Waals surface area contributed by atoms with E-state index in [-0.39, 0.29) is 0 Å². The number of allylic oxidation sites excluding steroid dienone is 1. The van der Waals surface area contributed by atoms with Crippen LogP contribution >= 0.6 is 0 Å². The Morgan fingerprint density at radius 2 is 1.58 bits per heavy atom. The van der Waals surface area contributed by atoms with Gasteiger partial charge in [-0.15, -0.1) is 0 Å². The van der Waals surface area contributed by atoms with Crippen molar-refractivity contribution in [2.24, 2.45) is 0 Å². The minimum absolute atomic E-state index is 1.07. The van der Waals surface area contributed by atoms with Gasteiger partial charge in [-0.1, -0.05) is 47.6 Å². The van der Waals surface area contributed by atoms with E-state index in [2.05, 4.69) is 18.8 Å². The summed E-state index contributed by atoms with van der Waals surface area (Å²) in [7, 11) is 0. The van der Waals surface area contributed by atoms with Crippen LogP contribution in [0.4, 0.5) is 0 Å². The minimum atomic E-state index is 1.07. The molecule has 12 heavy (non-hydrogen) atoms. The lowest BCUT2D eigenvalue weighted by molar-refractivity contribution is 0.712. The van der Waals surface area contributed by atoms with Crippen LogP contribution in [0.2, 0.25) is 0 Å². The Balaban J connectivity index is -0.000000175. The van der Waals surface area contributed by atoms with Gasteiger partial charge in [-0.2, -0.15) is 0 Å². The molecule has 0 fully saturated rings. The van der Waals surface area contributed by atoms with E-state index >= 15 is 0 Å². The Labute approximate surface area is 79.3 Å². The summed E-state index contributed by atoms with van der Waals surface area (Å²) in [5.74, 6) is 0. The maximum absolute atomic E-state index is 3.72. The van der Waals surface area contributed by atoms with E-state index in [9.17, 15) is 0 Å². The predicted octanol–water partition coefficient (Wildman–Crippen LogP) is 3.96. The first-order valence-electron chi connectivity index (χ1n) is 5.16. The molecule has 0 amide bonds. The van der Waals surface area contributed by atoms with Crippen molar-refractivity contribution in [2.45, 2.75) is 54.4 Å². The quantitative estimate of drug-likeness (QED) is 0.634. The second kappa shape index (κ2) is 22.4. The first kappa shape index (κ1) is 17.6. The van der Waals surface area contributed by atoms with E-state index in [1.165, 1.54) is 12.8 Å². The van der Waals surface area contributed by atoms with E-state index in [0.717, 1.165) is 12.2 Å².